The minimum Gasteiger partial charge on any atom is -0.355 e. The summed E-state index contributed by atoms with van der Waals surface area (Å²) in [4.78, 5) is 14.5. The van der Waals surface area contributed by atoms with E-state index in [1.54, 1.807) is 0 Å². The van der Waals surface area contributed by atoms with E-state index in [0.717, 1.165) is 23.3 Å². The number of alkyl halides is 3. The third-order valence-electron chi connectivity index (χ3n) is 3.55. The Morgan fingerprint density at radius 1 is 1.04 bits per heavy atom. The topological polar surface area (TPSA) is 59.8 Å². The van der Waals surface area contributed by atoms with E-state index in [4.69, 9.17) is 0 Å². The van der Waals surface area contributed by atoms with Gasteiger partial charge in [0, 0.05) is 12.1 Å². The number of rotatable bonds is 5. The van der Waals surface area contributed by atoms with Crippen molar-refractivity contribution >= 4 is 6.41 Å². The zero-order chi connectivity index (χ0) is 17.9. The Bertz CT molecular complexity index is 855. The summed E-state index contributed by atoms with van der Waals surface area (Å²) in [5, 5.41) is 6.86. The van der Waals surface area contributed by atoms with Gasteiger partial charge in [0.15, 0.2) is 5.82 Å². The lowest BCUT2D eigenvalue weighted by molar-refractivity contribution is -0.137. The average Bonchev–Trinajstić information content (AvgIpc) is 3.10. The van der Waals surface area contributed by atoms with Crippen LogP contribution in [0.15, 0.2) is 54.9 Å². The molecule has 5 nitrogen and oxygen atoms in total. The summed E-state index contributed by atoms with van der Waals surface area (Å²) in [5.41, 5.74) is 1.47. The summed E-state index contributed by atoms with van der Waals surface area (Å²) in [6.45, 7) is 0.428. The number of halogens is 3. The van der Waals surface area contributed by atoms with Crippen molar-refractivity contribution < 1.29 is 18.0 Å². The lowest BCUT2D eigenvalue weighted by Crippen LogP contribution is -2.09. The zero-order valence-electron chi connectivity index (χ0n) is 12.9. The Balaban J connectivity index is 1.79. The lowest BCUT2D eigenvalue weighted by Gasteiger charge is -2.07. The minimum atomic E-state index is -4.37. The zero-order valence-corrected chi connectivity index (χ0v) is 12.9. The summed E-state index contributed by atoms with van der Waals surface area (Å²) < 4.78 is 39.2. The molecular weight excluding hydrogens is 333 g/mol. The molecule has 128 valence electrons. The van der Waals surface area contributed by atoms with Crippen molar-refractivity contribution in [2.45, 2.75) is 12.7 Å². The van der Waals surface area contributed by atoms with Crippen LogP contribution in [0.25, 0.3) is 17.1 Å². The first-order valence-corrected chi connectivity index (χ1v) is 7.33. The lowest BCUT2D eigenvalue weighted by atomic mass is 10.1. The molecule has 0 radical (unpaired) electrons. The monoisotopic (exact) mass is 346 g/mol. The SMILES string of the molecule is O=CNCc1ccc(-c2ncn(-c3ccc(C(F)(F)F)cc3)n2)cc1. The Morgan fingerprint density at radius 3 is 2.32 bits per heavy atom. The van der Waals surface area contributed by atoms with Crippen molar-refractivity contribution in [2.75, 3.05) is 0 Å². The molecule has 3 rings (SSSR count). The first-order valence-electron chi connectivity index (χ1n) is 7.33. The molecule has 0 bridgehead atoms. The molecule has 8 heteroatoms. The second-order valence-corrected chi connectivity index (χ2v) is 5.25. The predicted molar refractivity (Wildman–Crippen MR) is 84.7 cm³/mol. The number of hydrogen-bond donors (Lipinski definition) is 1. The van der Waals surface area contributed by atoms with Gasteiger partial charge in [-0.2, -0.15) is 13.2 Å². The third kappa shape index (κ3) is 3.85. The van der Waals surface area contributed by atoms with Crippen LogP contribution in [-0.2, 0) is 17.5 Å². The van der Waals surface area contributed by atoms with Crippen molar-refractivity contribution in [1.29, 1.82) is 0 Å². The van der Waals surface area contributed by atoms with Crippen molar-refractivity contribution in [2.24, 2.45) is 0 Å². The van der Waals surface area contributed by atoms with Crippen LogP contribution in [0, 0.1) is 0 Å². The molecule has 1 amide bonds. The maximum absolute atomic E-state index is 12.6. The van der Waals surface area contributed by atoms with Gasteiger partial charge in [-0.25, -0.2) is 9.67 Å². The van der Waals surface area contributed by atoms with Crippen LogP contribution in [0.4, 0.5) is 13.2 Å². The fourth-order valence-electron chi connectivity index (χ4n) is 2.25. The van der Waals surface area contributed by atoms with Crippen molar-refractivity contribution in [1.82, 2.24) is 20.1 Å². The molecule has 0 aliphatic carbocycles. The number of benzene rings is 2. The van der Waals surface area contributed by atoms with Gasteiger partial charge < -0.3 is 5.32 Å². The van der Waals surface area contributed by atoms with Crippen LogP contribution in [0.2, 0.25) is 0 Å². The van der Waals surface area contributed by atoms with Gasteiger partial charge in [0.2, 0.25) is 6.41 Å². The Labute approximate surface area is 141 Å². The van der Waals surface area contributed by atoms with Gasteiger partial charge in [0.1, 0.15) is 6.33 Å². The molecule has 0 aliphatic rings. The molecule has 0 saturated heterocycles. The number of carbonyl (C=O) groups is 1. The summed E-state index contributed by atoms with van der Waals surface area (Å²) >= 11 is 0. The molecule has 0 spiro atoms. The number of aromatic nitrogens is 3. The van der Waals surface area contributed by atoms with E-state index in [1.165, 1.54) is 23.1 Å². The van der Waals surface area contributed by atoms with E-state index in [1.807, 2.05) is 24.3 Å². The first kappa shape index (κ1) is 16.7. The van der Waals surface area contributed by atoms with E-state index in [9.17, 15) is 18.0 Å². The minimum absolute atomic E-state index is 0.428. The van der Waals surface area contributed by atoms with Crippen LogP contribution in [0.5, 0.6) is 0 Å². The van der Waals surface area contributed by atoms with Crippen molar-refractivity contribution in [3.05, 3.63) is 66.0 Å². The van der Waals surface area contributed by atoms with Gasteiger partial charge in [-0.1, -0.05) is 24.3 Å². The molecule has 0 atom stereocenters. The number of hydrogen-bond acceptors (Lipinski definition) is 3. The fourth-order valence-corrected chi connectivity index (χ4v) is 2.25. The second-order valence-electron chi connectivity index (χ2n) is 5.25. The molecule has 0 unspecified atom stereocenters. The van der Waals surface area contributed by atoms with Crippen molar-refractivity contribution in [3.63, 3.8) is 0 Å². The highest BCUT2D eigenvalue weighted by Gasteiger charge is 2.30. The van der Waals surface area contributed by atoms with Gasteiger partial charge in [-0.15, -0.1) is 5.10 Å². The molecule has 1 heterocycles. The van der Waals surface area contributed by atoms with Crippen molar-refractivity contribution in [3.8, 4) is 17.1 Å². The highest BCUT2D eigenvalue weighted by Crippen LogP contribution is 2.29. The quantitative estimate of drug-likeness (QED) is 0.722. The molecule has 1 aromatic heterocycles. The van der Waals surface area contributed by atoms with Gasteiger partial charge in [-0.05, 0) is 29.8 Å². The Hall–Kier alpha value is -3.16. The van der Waals surface area contributed by atoms with Crippen LogP contribution < -0.4 is 5.32 Å². The molecular formula is C17H13F3N4O. The number of carbonyl (C=O) groups excluding carboxylic acids is 1. The average molecular weight is 346 g/mol. The van der Waals surface area contributed by atoms with Crippen LogP contribution in [-0.4, -0.2) is 21.2 Å². The van der Waals surface area contributed by atoms with Gasteiger partial charge in [0.05, 0.1) is 11.3 Å². The number of amides is 1. The third-order valence-corrected chi connectivity index (χ3v) is 3.55. The molecule has 3 aromatic rings. The maximum Gasteiger partial charge on any atom is 0.416 e. The van der Waals surface area contributed by atoms with E-state index in [0.29, 0.717) is 24.5 Å². The maximum atomic E-state index is 12.6. The first-order chi connectivity index (χ1) is 12.0. The van der Waals surface area contributed by atoms with E-state index < -0.39 is 11.7 Å². The number of nitrogens with one attached hydrogen (secondary N) is 1. The van der Waals surface area contributed by atoms with E-state index >= 15 is 0 Å². The normalized spacial score (nSPS) is 11.3. The molecule has 0 saturated carbocycles. The summed E-state index contributed by atoms with van der Waals surface area (Å²) in [5.74, 6) is 0.454. The highest BCUT2D eigenvalue weighted by molar-refractivity contribution is 5.55. The Kier molecular flexibility index (Phi) is 4.51. The summed E-state index contributed by atoms with van der Waals surface area (Å²) in [6, 6.07) is 12.0. The van der Waals surface area contributed by atoms with E-state index in [2.05, 4.69) is 15.4 Å². The molecule has 25 heavy (non-hydrogen) atoms. The molecule has 1 N–H and O–H groups in total. The van der Waals surface area contributed by atoms with Gasteiger partial charge in [0.25, 0.3) is 0 Å². The Morgan fingerprint density at radius 2 is 1.72 bits per heavy atom. The highest BCUT2D eigenvalue weighted by atomic mass is 19.4. The molecule has 0 fully saturated rings. The number of nitrogens with zero attached hydrogens (tertiary/aromatic N) is 3. The van der Waals surface area contributed by atoms with Gasteiger partial charge in [-0.3, -0.25) is 4.79 Å². The predicted octanol–water partition coefficient (Wildman–Crippen LogP) is 3.20. The fraction of sp³-hybridized carbons (Fsp3) is 0.118. The van der Waals surface area contributed by atoms with Gasteiger partial charge >= 0.3 is 6.18 Å². The smallest absolute Gasteiger partial charge is 0.355 e. The molecule has 0 aliphatic heterocycles. The van der Waals surface area contributed by atoms with Crippen LogP contribution in [0.1, 0.15) is 11.1 Å². The van der Waals surface area contributed by atoms with Crippen LogP contribution in [0.3, 0.4) is 0 Å². The molecule has 2 aromatic carbocycles. The van der Waals surface area contributed by atoms with Crippen LogP contribution >= 0.6 is 0 Å². The van der Waals surface area contributed by atoms with E-state index in [-0.39, 0.29) is 0 Å². The standard InChI is InChI=1S/C17H13F3N4O/c18-17(19,20)14-5-7-15(8-6-14)24-10-22-16(23-24)13-3-1-12(2-4-13)9-21-11-25/h1-8,10-11H,9H2,(H,21,25). The summed E-state index contributed by atoms with van der Waals surface area (Å²) in [6.07, 6.45) is -2.30. The largest absolute Gasteiger partial charge is 0.416 e. The second kappa shape index (κ2) is 6.76. The summed E-state index contributed by atoms with van der Waals surface area (Å²) in [7, 11) is 0.